The summed E-state index contributed by atoms with van der Waals surface area (Å²) in [7, 11) is 1.46. The standard InChI is InChI=1S/C28H23N3O5S/c1-17-13-21(18(2)30(17)24-12-11-22(31(34)35)15-25(24)36-3)14-26-27(32)29(28(33)37-26)16-20-9-6-8-19-7-4-5-10-23(19)20/h4-15H,16H2,1-3H3/b26-14+. The Kier molecular flexibility index (Phi) is 6.31. The molecule has 5 rings (SSSR count). The number of rotatable bonds is 6. The summed E-state index contributed by atoms with van der Waals surface area (Å²) < 4.78 is 7.34. The Morgan fingerprint density at radius 2 is 1.78 bits per heavy atom. The van der Waals surface area contributed by atoms with Gasteiger partial charge in [-0.15, -0.1) is 0 Å². The average Bonchev–Trinajstić information content (AvgIpc) is 3.32. The van der Waals surface area contributed by atoms with Crippen LogP contribution in [0.15, 0.2) is 71.6 Å². The van der Waals surface area contributed by atoms with Crippen LogP contribution in [0.1, 0.15) is 22.5 Å². The summed E-state index contributed by atoms with van der Waals surface area (Å²) in [6, 6.07) is 20.1. The van der Waals surface area contributed by atoms with E-state index in [0.717, 1.165) is 45.0 Å². The van der Waals surface area contributed by atoms with Gasteiger partial charge in [0, 0.05) is 17.5 Å². The highest BCUT2D eigenvalue weighted by atomic mass is 32.2. The molecule has 186 valence electrons. The van der Waals surface area contributed by atoms with Gasteiger partial charge in [-0.1, -0.05) is 42.5 Å². The molecule has 0 radical (unpaired) electrons. The fourth-order valence-corrected chi connectivity index (χ4v) is 5.48. The predicted octanol–water partition coefficient (Wildman–Crippen LogP) is 6.40. The van der Waals surface area contributed by atoms with E-state index in [2.05, 4.69) is 0 Å². The second-order valence-electron chi connectivity index (χ2n) is 8.68. The molecule has 2 amide bonds. The van der Waals surface area contributed by atoms with Gasteiger partial charge in [-0.3, -0.25) is 24.6 Å². The van der Waals surface area contributed by atoms with E-state index < -0.39 is 4.92 Å². The van der Waals surface area contributed by atoms with Crippen molar-refractivity contribution in [2.24, 2.45) is 0 Å². The fraction of sp³-hybridized carbons (Fsp3) is 0.143. The molecule has 0 N–H and O–H groups in total. The van der Waals surface area contributed by atoms with Crippen LogP contribution in [0.25, 0.3) is 22.5 Å². The number of carbonyl (C=O) groups is 2. The van der Waals surface area contributed by atoms with Crippen molar-refractivity contribution in [2.45, 2.75) is 20.4 Å². The van der Waals surface area contributed by atoms with E-state index in [0.29, 0.717) is 16.3 Å². The zero-order chi connectivity index (χ0) is 26.3. The molecular weight excluding hydrogens is 490 g/mol. The van der Waals surface area contributed by atoms with Crippen molar-refractivity contribution in [2.75, 3.05) is 7.11 Å². The lowest BCUT2D eigenvalue weighted by molar-refractivity contribution is -0.384. The maximum atomic E-state index is 13.3. The van der Waals surface area contributed by atoms with E-state index in [4.69, 9.17) is 4.74 Å². The Morgan fingerprint density at radius 3 is 2.54 bits per heavy atom. The maximum Gasteiger partial charge on any atom is 0.293 e. The van der Waals surface area contributed by atoms with Crippen molar-refractivity contribution in [3.05, 3.63) is 104 Å². The highest BCUT2D eigenvalue weighted by molar-refractivity contribution is 8.18. The van der Waals surface area contributed by atoms with Gasteiger partial charge in [0.1, 0.15) is 5.75 Å². The number of non-ortho nitro benzene ring substituents is 1. The van der Waals surface area contributed by atoms with Crippen molar-refractivity contribution in [3.63, 3.8) is 0 Å². The molecule has 1 fully saturated rings. The normalized spacial score (nSPS) is 14.7. The molecule has 3 aromatic carbocycles. The van der Waals surface area contributed by atoms with E-state index >= 15 is 0 Å². The molecule has 0 saturated carbocycles. The number of fused-ring (bicyclic) bond motifs is 1. The molecule has 37 heavy (non-hydrogen) atoms. The number of nitro benzene ring substituents is 1. The number of thioether (sulfide) groups is 1. The zero-order valence-electron chi connectivity index (χ0n) is 20.4. The van der Waals surface area contributed by atoms with Gasteiger partial charge in [0.15, 0.2) is 0 Å². The molecule has 1 aliphatic heterocycles. The summed E-state index contributed by atoms with van der Waals surface area (Å²) in [4.78, 5) is 38.4. The highest BCUT2D eigenvalue weighted by Crippen LogP contribution is 2.36. The number of hydrogen-bond acceptors (Lipinski definition) is 6. The van der Waals surface area contributed by atoms with Crippen LogP contribution in [0.2, 0.25) is 0 Å². The molecule has 0 spiro atoms. The topological polar surface area (TPSA) is 94.7 Å². The van der Waals surface area contributed by atoms with Gasteiger partial charge >= 0.3 is 0 Å². The van der Waals surface area contributed by atoms with Crippen molar-refractivity contribution in [3.8, 4) is 11.4 Å². The van der Waals surface area contributed by atoms with Crippen LogP contribution >= 0.6 is 11.8 Å². The Balaban J connectivity index is 1.47. The highest BCUT2D eigenvalue weighted by Gasteiger charge is 2.35. The smallest absolute Gasteiger partial charge is 0.293 e. The molecule has 0 atom stereocenters. The third kappa shape index (κ3) is 4.38. The quantitative estimate of drug-likeness (QED) is 0.168. The van der Waals surface area contributed by atoms with Crippen LogP contribution in [0, 0.1) is 24.0 Å². The van der Waals surface area contributed by atoms with Crippen molar-refractivity contribution >= 4 is 45.4 Å². The largest absolute Gasteiger partial charge is 0.494 e. The minimum atomic E-state index is -0.471. The lowest BCUT2D eigenvalue weighted by atomic mass is 10.0. The summed E-state index contributed by atoms with van der Waals surface area (Å²) >= 11 is 0.923. The molecule has 1 aliphatic rings. The van der Waals surface area contributed by atoms with Gasteiger partial charge in [-0.05, 0) is 65.7 Å². The number of hydrogen-bond donors (Lipinski definition) is 0. The van der Waals surface area contributed by atoms with Crippen molar-refractivity contribution < 1.29 is 19.2 Å². The molecule has 0 unspecified atom stereocenters. The monoisotopic (exact) mass is 513 g/mol. The van der Waals surface area contributed by atoms with E-state index in [1.807, 2.05) is 66.9 Å². The van der Waals surface area contributed by atoms with E-state index in [-0.39, 0.29) is 23.4 Å². The Bertz CT molecular complexity index is 1620. The third-order valence-electron chi connectivity index (χ3n) is 6.45. The number of nitrogens with zero attached hydrogens (tertiary/aromatic N) is 3. The Morgan fingerprint density at radius 1 is 1.03 bits per heavy atom. The number of imide groups is 1. The summed E-state index contributed by atoms with van der Waals surface area (Å²) in [5.74, 6) is 0.0265. The van der Waals surface area contributed by atoms with Crippen LogP contribution in [-0.4, -0.2) is 32.6 Å². The second kappa shape index (κ2) is 9.59. The summed E-state index contributed by atoms with van der Waals surface area (Å²) in [6.45, 7) is 3.99. The fourth-order valence-electron chi connectivity index (χ4n) is 4.65. The Hall–Kier alpha value is -4.37. The molecular formula is C28H23N3O5S. The minimum absolute atomic E-state index is 0.0665. The molecule has 1 aromatic heterocycles. The first-order valence-corrected chi connectivity index (χ1v) is 12.3. The Labute approximate surface area is 217 Å². The van der Waals surface area contributed by atoms with E-state index in [1.165, 1.54) is 24.1 Å². The van der Waals surface area contributed by atoms with Crippen molar-refractivity contribution in [1.29, 1.82) is 0 Å². The third-order valence-corrected chi connectivity index (χ3v) is 7.36. The van der Waals surface area contributed by atoms with Crippen LogP contribution < -0.4 is 4.74 Å². The van der Waals surface area contributed by atoms with Crippen LogP contribution in [-0.2, 0) is 11.3 Å². The predicted molar refractivity (Wildman–Crippen MR) is 144 cm³/mol. The number of carbonyl (C=O) groups excluding carboxylic acids is 2. The zero-order valence-corrected chi connectivity index (χ0v) is 21.2. The molecule has 8 nitrogen and oxygen atoms in total. The minimum Gasteiger partial charge on any atom is -0.494 e. The van der Waals surface area contributed by atoms with Gasteiger partial charge in [0.2, 0.25) is 0 Å². The lowest BCUT2D eigenvalue weighted by Gasteiger charge is -2.14. The van der Waals surface area contributed by atoms with Gasteiger partial charge in [0.25, 0.3) is 16.8 Å². The van der Waals surface area contributed by atoms with Crippen LogP contribution in [0.5, 0.6) is 5.75 Å². The molecule has 0 bridgehead atoms. The first kappa shape index (κ1) is 24.3. The molecule has 4 aromatic rings. The van der Waals surface area contributed by atoms with Crippen LogP contribution in [0.3, 0.4) is 0 Å². The molecule has 0 aliphatic carbocycles. The van der Waals surface area contributed by atoms with Crippen molar-refractivity contribution in [1.82, 2.24) is 9.47 Å². The number of benzene rings is 3. The summed E-state index contributed by atoms with van der Waals surface area (Å²) in [5.41, 5.74) is 3.92. The van der Waals surface area contributed by atoms with Gasteiger partial charge < -0.3 is 9.30 Å². The number of ether oxygens (including phenoxy) is 1. The number of aryl methyl sites for hydroxylation is 1. The van der Waals surface area contributed by atoms with E-state index in [1.54, 1.807) is 12.1 Å². The molecule has 9 heteroatoms. The molecule has 2 heterocycles. The lowest BCUT2D eigenvalue weighted by Crippen LogP contribution is -2.27. The number of amides is 2. The first-order valence-electron chi connectivity index (χ1n) is 11.5. The SMILES string of the molecule is COc1cc([N+](=O)[O-])ccc1-n1c(C)cc(/C=C2/SC(=O)N(Cc3cccc4ccccc34)C2=O)c1C. The maximum absolute atomic E-state index is 13.3. The average molecular weight is 514 g/mol. The number of methoxy groups -OCH3 is 1. The summed E-state index contributed by atoms with van der Waals surface area (Å²) in [6.07, 6.45) is 1.73. The summed E-state index contributed by atoms with van der Waals surface area (Å²) in [5, 5.41) is 12.9. The van der Waals surface area contributed by atoms with Crippen LogP contribution in [0.4, 0.5) is 10.5 Å². The van der Waals surface area contributed by atoms with Gasteiger partial charge in [-0.2, -0.15) is 0 Å². The molecule has 1 saturated heterocycles. The first-order chi connectivity index (χ1) is 17.8. The second-order valence-corrected chi connectivity index (χ2v) is 9.67. The van der Waals surface area contributed by atoms with Gasteiger partial charge in [-0.25, -0.2) is 0 Å². The number of nitro groups is 1. The van der Waals surface area contributed by atoms with E-state index in [9.17, 15) is 19.7 Å². The van der Waals surface area contributed by atoms with Gasteiger partial charge in [0.05, 0.1) is 35.2 Å². The number of aromatic nitrogens is 1.